The highest BCUT2D eigenvalue weighted by Crippen LogP contribution is 2.46. The van der Waals surface area contributed by atoms with E-state index in [9.17, 15) is 14.0 Å². The predicted octanol–water partition coefficient (Wildman–Crippen LogP) is 5.15. The normalized spacial score (nSPS) is 17.4. The summed E-state index contributed by atoms with van der Waals surface area (Å²) in [6.45, 7) is 1.52. The molecule has 2 amide bonds. The van der Waals surface area contributed by atoms with E-state index in [1.807, 2.05) is 54.4 Å². The first-order chi connectivity index (χ1) is 17.0. The van der Waals surface area contributed by atoms with Crippen molar-refractivity contribution in [3.63, 3.8) is 0 Å². The molecular formula is C29H26FN3O2. The van der Waals surface area contributed by atoms with Gasteiger partial charge in [0.05, 0.1) is 11.7 Å². The third kappa shape index (κ3) is 3.43. The van der Waals surface area contributed by atoms with E-state index in [2.05, 4.69) is 10.6 Å². The Morgan fingerprint density at radius 2 is 1.63 bits per heavy atom. The molecule has 35 heavy (non-hydrogen) atoms. The lowest BCUT2D eigenvalue weighted by Crippen LogP contribution is -2.41. The van der Waals surface area contributed by atoms with Crippen LogP contribution in [0.3, 0.4) is 0 Å². The fourth-order valence-corrected chi connectivity index (χ4v) is 5.71. The first-order valence-electron chi connectivity index (χ1n) is 12.1. The van der Waals surface area contributed by atoms with E-state index in [1.54, 1.807) is 17.0 Å². The lowest BCUT2D eigenvalue weighted by Gasteiger charge is -2.28. The second kappa shape index (κ2) is 8.38. The maximum atomic E-state index is 13.8. The van der Waals surface area contributed by atoms with Crippen molar-refractivity contribution in [2.24, 2.45) is 7.05 Å². The van der Waals surface area contributed by atoms with Gasteiger partial charge in [-0.05, 0) is 60.4 Å². The van der Waals surface area contributed by atoms with Crippen LogP contribution in [-0.2, 0) is 11.8 Å². The first-order valence-corrected chi connectivity index (χ1v) is 12.1. The molecule has 0 unspecified atom stereocenters. The van der Waals surface area contributed by atoms with Crippen molar-refractivity contribution in [1.82, 2.24) is 14.4 Å². The minimum atomic E-state index is -0.420. The monoisotopic (exact) mass is 467 g/mol. The highest BCUT2D eigenvalue weighted by molar-refractivity contribution is 6.03. The molecule has 1 aromatic heterocycles. The van der Waals surface area contributed by atoms with Crippen molar-refractivity contribution >= 4 is 22.7 Å². The van der Waals surface area contributed by atoms with Gasteiger partial charge in [0.25, 0.3) is 5.91 Å². The number of hydrogen-bond acceptors (Lipinski definition) is 2. The molecule has 0 spiro atoms. The Balaban J connectivity index is 1.57. The number of para-hydroxylation sites is 1. The lowest BCUT2D eigenvalue weighted by molar-refractivity contribution is -0.131. The number of hydrogen-bond donors (Lipinski definition) is 0. The van der Waals surface area contributed by atoms with Crippen LogP contribution in [0.25, 0.3) is 22.2 Å². The number of aromatic nitrogens is 1. The molecule has 2 aliphatic heterocycles. The standard InChI is InChI=1S/C29H26FN3O2/c1-31-24-11-5-4-10-23(24)26(27(31)19-12-14-20(30)15-13-19)28-21-8-2-3-9-22(21)29(35)33(28)18-25(34)32-16-6-7-17-32/h2-5,8-15,28H,6-7,16-18H2,1H3/t28-/m1/s1. The van der Waals surface area contributed by atoms with Crippen molar-refractivity contribution < 1.29 is 14.0 Å². The number of likely N-dealkylation sites (tertiary alicyclic amines) is 1. The van der Waals surface area contributed by atoms with Crippen LogP contribution in [0.5, 0.6) is 0 Å². The van der Waals surface area contributed by atoms with Crippen molar-refractivity contribution in [2.75, 3.05) is 19.6 Å². The minimum Gasteiger partial charge on any atom is -0.343 e. The lowest BCUT2D eigenvalue weighted by atomic mass is 9.93. The fourth-order valence-electron chi connectivity index (χ4n) is 5.71. The van der Waals surface area contributed by atoms with Gasteiger partial charge in [-0.3, -0.25) is 9.59 Å². The molecule has 0 bridgehead atoms. The summed E-state index contributed by atoms with van der Waals surface area (Å²) < 4.78 is 15.9. The smallest absolute Gasteiger partial charge is 0.255 e. The molecule has 1 fully saturated rings. The molecular weight excluding hydrogens is 441 g/mol. The van der Waals surface area contributed by atoms with Crippen LogP contribution in [0, 0.1) is 5.82 Å². The second-order valence-corrected chi connectivity index (χ2v) is 9.36. The summed E-state index contributed by atoms with van der Waals surface area (Å²) in [6.07, 6.45) is 2.00. The van der Waals surface area contributed by atoms with E-state index >= 15 is 0 Å². The van der Waals surface area contributed by atoms with E-state index in [0.29, 0.717) is 5.56 Å². The Kier molecular flexibility index (Phi) is 5.17. The average Bonchev–Trinajstić information content (AvgIpc) is 3.58. The van der Waals surface area contributed by atoms with Gasteiger partial charge in [-0.1, -0.05) is 36.4 Å². The number of rotatable bonds is 4. The van der Waals surface area contributed by atoms with Crippen LogP contribution in [0.15, 0.2) is 72.8 Å². The molecule has 0 saturated carbocycles. The zero-order valence-electron chi connectivity index (χ0n) is 19.6. The molecule has 176 valence electrons. The maximum Gasteiger partial charge on any atom is 0.255 e. The fraction of sp³-hybridized carbons (Fsp3) is 0.241. The molecule has 3 heterocycles. The quantitative estimate of drug-likeness (QED) is 0.417. The number of carbonyl (C=O) groups excluding carboxylic acids is 2. The molecule has 0 aliphatic carbocycles. The molecule has 3 aromatic carbocycles. The van der Waals surface area contributed by atoms with Crippen LogP contribution in [0.4, 0.5) is 4.39 Å². The molecule has 1 saturated heterocycles. The molecule has 6 rings (SSSR count). The van der Waals surface area contributed by atoms with Crippen LogP contribution < -0.4 is 0 Å². The van der Waals surface area contributed by atoms with Crippen LogP contribution in [0.1, 0.15) is 40.4 Å². The van der Waals surface area contributed by atoms with E-state index in [1.165, 1.54) is 12.1 Å². The Labute approximate surface area is 203 Å². The number of aryl methyl sites for hydroxylation is 1. The van der Waals surface area contributed by atoms with Gasteiger partial charge in [0.2, 0.25) is 5.91 Å². The van der Waals surface area contributed by atoms with Gasteiger partial charge in [0.15, 0.2) is 0 Å². The van der Waals surface area contributed by atoms with Crippen LogP contribution in [-0.4, -0.2) is 45.8 Å². The zero-order chi connectivity index (χ0) is 24.1. The van der Waals surface area contributed by atoms with E-state index < -0.39 is 6.04 Å². The zero-order valence-corrected chi connectivity index (χ0v) is 19.6. The van der Waals surface area contributed by atoms with E-state index in [0.717, 1.165) is 59.2 Å². The highest BCUT2D eigenvalue weighted by atomic mass is 19.1. The Bertz CT molecular complexity index is 1450. The molecule has 1 atom stereocenters. The molecule has 5 nitrogen and oxygen atoms in total. The highest BCUT2D eigenvalue weighted by Gasteiger charge is 2.42. The number of carbonyl (C=O) groups is 2. The van der Waals surface area contributed by atoms with Gasteiger partial charge in [0, 0.05) is 42.2 Å². The van der Waals surface area contributed by atoms with Crippen LogP contribution >= 0.6 is 0 Å². The summed E-state index contributed by atoms with van der Waals surface area (Å²) in [6, 6.07) is 21.8. The second-order valence-electron chi connectivity index (χ2n) is 9.36. The Hall–Kier alpha value is -3.93. The largest absolute Gasteiger partial charge is 0.343 e. The van der Waals surface area contributed by atoms with E-state index in [4.69, 9.17) is 0 Å². The van der Waals surface area contributed by atoms with Crippen molar-refractivity contribution in [3.05, 3.63) is 95.3 Å². The summed E-state index contributed by atoms with van der Waals surface area (Å²) >= 11 is 0. The number of benzene rings is 3. The summed E-state index contributed by atoms with van der Waals surface area (Å²) in [4.78, 5) is 30.5. The van der Waals surface area contributed by atoms with Crippen LogP contribution in [0.2, 0.25) is 0 Å². The minimum absolute atomic E-state index is 0.0165. The van der Waals surface area contributed by atoms with Gasteiger partial charge >= 0.3 is 0 Å². The van der Waals surface area contributed by atoms with Gasteiger partial charge in [-0.2, -0.15) is 0 Å². The number of nitrogens with zero attached hydrogens (tertiary/aromatic N) is 3. The third-order valence-electron chi connectivity index (χ3n) is 7.36. The van der Waals surface area contributed by atoms with Crippen molar-refractivity contribution in [1.29, 1.82) is 0 Å². The SMILES string of the molecule is Cn1c(-c2ccc(F)cc2)c([C@H]2c3ccccc3C(=O)N2CC(=O)N2CCCC2)c2ccccc21. The third-order valence-corrected chi connectivity index (χ3v) is 7.36. The van der Waals surface area contributed by atoms with Gasteiger partial charge in [0.1, 0.15) is 12.4 Å². The van der Waals surface area contributed by atoms with Crippen molar-refractivity contribution in [3.8, 4) is 11.3 Å². The summed E-state index contributed by atoms with van der Waals surface area (Å²) in [5, 5.41) is 1.02. The molecule has 0 N–H and O–H groups in total. The maximum absolute atomic E-state index is 13.8. The Morgan fingerprint density at radius 1 is 0.943 bits per heavy atom. The van der Waals surface area contributed by atoms with Crippen molar-refractivity contribution in [2.45, 2.75) is 18.9 Å². The number of halogens is 1. The molecule has 6 heteroatoms. The van der Waals surface area contributed by atoms with Gasteiger partial charge < -0.3 is 14.4 Å². The average molecular weight is 468 g/mol. The van der Waals surface area contributed by atoms with Gasteiger partial charge in [-0.15, -0.1) is 0 Å². The molecule has 2 aliphatic rings. The molecule has 4 aromatic rings. The molecule has 0 radical (unpaired) electrons. The number of fused-ring (bicyclic) bond motifs is 2. The summed E-state index contributed by atoms with van der Waals surface area (Å²) in [7, 11) is 1.99. The topological polar surface area (TPSA) is 45.6 Å². The van der Waals surface area contributed by atoms with Gasteiger partial charge in [-0.25, -0.2) is 4.39 Å². The first kappa shape index (κ1) is 21.6. The summed E-state index contributed by atoms with van der Waals surface area (Å²) in [5.74, 6) is -0.443. The van der Waals surface area contributed by atoms with E-state index in [-0.39, 0.29) is 24.2 Å². The Morgan fingerprint density at radius 3 is 2.40 bits per heavy atom. The number of amides is 2. The predicted molar refractivity (Wildman–Crippen MR) is 133 cm³/mol. The summed E-state index contributed by atoms with van der Waals surface area (Å²) in [5.41, 5.74) is 5.28.